The van der Waals surface area contributed by atoms with E-state index in [9.17, 15) is 33.9 Å². The molecule has 0 aromatic heterocycles. The van der Waals surface area contributed by atoms with Gasteiger partial charge in [0.15, 0.2) is 0 Å². The third kappa shape index (κ3) is 15.0. The number of rotatable bonds is 11. The topological polar surface area (TPSA) is 178 Å². The number of likely N-dealkylation sites (N-methyl/N-ethyl adjacent to an activating group) is 3. The number of hydrogen-bond donors (Lipinski definition) is 4. The summed E-state index contributed by atoms with van der Waals surface area (Å²) in [5, 5.41) is 20.0. The van der Waals surface area contributed by atoms with E-state index in [1.165, 1.54) is 42.6 Å². The Kier molecular flexibility index (Phi) is 19.6. The molecule has 1 aromatic carbocycles. The lowest BCUT2D eigenvalue weighted by molar-refractivity contribution is -0.164. The summed E-state index contributed by atoms with van der Waals surface area (Å²) in [6.07, 6.45) is -0.760. The first-order valence-corrected chi connectivity index (χ1v) is 20.6. The van der Waals surface area contributed by atoms with E-state index in [0.29, 0.717) is 19.3 Å². The lowest BCUT2D eigenvalue weighted by atomic mass is 9.97. The summed E-state index contributed by atoms with van der Waals surface area (Å²) in [4.78, 5) is 89.1. The van der Waals surface area contributed by atoms with Crippen molar-refractivity contribution in [2.45, 2.75) is 156 Å². The van der Waals surface area contributed by atoms with Gasteiger partial charge in [-0.3, -0.25) is 29.3 Å². The molecule has 322 valence electrons. The van der Waals surface area contributed by atoms with Crippen molar-refractivity contribution in [2.24, 2.45) is 23.7 Å². The van der Waals surface area contributed by atoms with Gasteiger partial charge in [-0.2, -0.15) is 0 Å². The molecule has 2 rings (SSSR count). The fourth-order valence-corrected chi connectivity index (χ4v) is 6.95. The molecule has 8 atom stereocenters. The normalized spacial score (nSPS) is 27.2. The van der Waals surface area contributed by atoms with Crippen molar-refractivity contribution in [3.8, 4) is 0 Å². The molecule has 0 bridgehead atoms. The number of ether oxygens (including phenoxy) is 1. The number of nitrogens with one attached hydrogen (secondary N) is 3. The number of benzene rings is 1. The van der Waals surface area contributed by atoms with Gasteiger partial charge in [-0.05, 0) is 75.2 Å². The minimum atomic E-state index is -1.47. The lowest BCUT2D eigenvalue weighted by Gasteiger charge is -2.35. The van der Waals surface area contributed by atoms with E-state index in [4.69, 9.17) is 4.74 Å². The standard InChI is InChI=1S/C43H72N6O8/c1-25(2)19-20-35-38(51)45-34(23-28(7)8)42(55)49(13)36(24-31-17-15-14-16-18-31)39(52)46-32(21-26(3)4)40(53)47(11)29(9)43(56)57-30(10)37(50)44-33(22-27(5)6)41(54)48(35)12/h14-18,25-30,32-37,44,50H,19-24H2,1-13H3,(H,45,51)(H,46,52)/t29-,30+,32-,33-,34-,35-,36-,37?/m0/s1. The summed E-state index contributed by atoms with van der Waals surface area (Å²) in [5.74, 6) is -3.21. The molecule has 57 heavy (non-hydrogen) atoms. The van der Waals surface area contributed by atoms with Crippen LogP contribution >= 0.6 is 0 Å². The monoisotopic (exact) mass is 801 g/mol. The summed E-state index contributed by atoms with van der Waals surface area (Å²) >= 11 is 0. The molecule has 0 aliphatic carbocycles. The Morgan fingerprint density at radius 2 is 1.07 bits per heavy atom. The number of carbonyl (C=O) groups excluding carboxylic acids is 6. The first-order valence-electron chi connectivity index (χ1n) is 20.6. The molecule has 5 amide bonds. The smallest absolute Gasteiger partial charge is 0.328 e. The van der Waals surface area contributed by atoms with Crippen LogP contribution in [0.25, 0.3) is 0 Å². The van der Waals surface area contributed by atoms with Crippen LogP contribution in [-0.2, 0) is 39.9 Å². The number of hydrogen-bond acceptors (Lipinski definition) is 9. The minimum absolute atomic E-state index is 0.00419. The number of esters is 1. The second-order valence-corrected chi connectivity index (χ2v) is 17.5. The predicted molar refractivity (Wildman–Crippen MR) is 220 cm³/mol. The summed E-state index contributed by atoms with van der Waals surface area (Å²) in [6.45, 7) is 18.6. The van der Waals surface area contributed by atoms with Crippen molar-refractivity contribution in [3.63, 3.8) is 0 Å². The van der Waals surface area contributed by atoms with Crippen molar-refractivity contribution in [2.75, 3.05) is 21.1 Å². The molecule has 1 saturated heterocycles. The fraction of sp³-hybridized carbons (Fsp3) is 0.721. The Balaban J connectivity index is 2.79. The molecule has 1 unspecified atom stereocenters. The highest BCUT2D eigenvalue weighted by atomic mass is 16.6. The Morgan fingerprint density at radius 1 is 0.632 bits per heavy atom. The Morgan fingerprint density at radius 3 is 1.56 bits per heavy atom. The maximum absolute atomic E-state index is 14.6. The van der Waals surface area contributed by atoms with Crippen LogP contribution in [0, 0.1) is 23.7 Å². The largest absolute Gasteiger partial charge is 0.457 e. The first kappa shape index (κ1) is 49.1. The molecular weight excluding hydrogens is 729 g/mol. The highest BCUT2D eigenvalue weighted by Gasteiger charge is 2.39. The van der Waals surface area contributed by atoms with E-state index < -0.39 is 84.1 Å². The van der Waals surface area contributed by atoms with Gasteiger partial charge in [0.2, 0.25) is 29.5 Å². The van der Waals surface area contributed by atoms with E-state index in [1.807, 2.05) is 85.7 Å². The van der Waals surface area contributed by atoms with Crippen molar-refractivity contribution in [1.29, 1.82) is 0 Å². The third-order valence-corrected chi connectivity index (χ3v) is 10.6. The molecule has 4 N–H and O–H groups in total. The number of aliphatic hydroxyl groups is 1. The van der Waals surface area contributed by atoms with Gasteiger partial charge in [-0.15, -0.1) is 0 Å². The molecule has 0 saturated carbocycles. The molecule has 1 aromatic rings. The van der Waals surface area contributed by atoms with E-state index >= 15 is 0 Å². The van der Waals surface area contributed by atoms with Gasteiger partial charge in [0.25, 0.3) is 0 Å². The molecule has 14 nitrogen and oxygen atoms in total. The van der Waals surface area contributed by atoms with Gasteiger partial charge in [-0.1, -0.05) is 85.7 Å². The quantitative estimate of drug-likeness (QED) is 0.244. The van der Waals surface area contributed by atoms with Crippen LogP contribution < -0.4 is 16.0 Å². The SMILES string of the molecule is CC(C)CC[C@H]1C(=O)N[C@@H](CC(C)C)C(=O)N(C)[C@@H](Cc2ccccc2)C(=O)N[C@@H](CC(C)C)C(=O)N(C)[C@@H](C)C(=O)O[C@H](C)C(O)N[C@@H](CC(C)C)C(=O)N1C. The molecule has 1 aliphatic rings. The van der Waals surface area contributed by atoms with Crippen LogP contribution in [0.15, 0.2) is 30.3 Å². The zero-order chi connectivity index (χ0) is 43.3. The average molecular weight is 801 g/mol. The zero-order valence-corrected chi connectivity index (χ0v) is 36.7. The van der Waals surface area contributed by atoms with Crippen LogP contribution in [0.3, 0.4) is 0 Å². The van der Waals surface area contributed by atoms with Gasteiger partial charge in [0.05, 0.1) is 6.04 Å². The second kappa shape index (κ2) is 22.8. The number of aliphatic hydroxyl groups excluding tert-OH is 1. The van der Waals surface area contributed by atoms with E-state index in [2.05, 4.69) is 16.0 Å². The van der Waals surface area contributed by atoms with E-state index in [0.717, 1.165) is 5.56 Å². The summed E-state index contributed by atoms with van der Waals surface area (Å²) in [7, 11) is 4.51. The van der Waals surface area contributed by atoms with Gasteiger partial charge >= 0.3 is 5.97 Å². The maximum atomic E-state index is 14.6. The van der Waals surface area contributed by atoms with Gasteiger partial charge in [0.1, 0.15) is 42.5 Å². The van der Waals surface area contributed by atoms with Crippen LogP contribution in [0.1, 0.15) is 107 Å². The highest BCUT2D eigenvalue weighted by Crippen LogP contribution is 2.20. The number of cyclic esters (lactones) is 1. The average Bonchev–Trinajstić information content (AvgIpc) is 3.13. The van der Waals surface area contributed by atoms with Gasteiger partial charge < -0.3 is 35.2 Å². The number of carbonyl (C=O) groups is 6. The van der Waals surface area contributed by atoms with Crippen molar-refractivity contribution in [3.05, 3.63) is 35.9 Å². The third-order valence-electron chi connectivity index (χ3n) is 10.6. The molecule has 1 aliphatic heterocycles. The summed E-state index contributed by atoms with van der Waals surface area (Å²) in [6, 6.07) is 3.02. The highest BCUT2D eigenvalue weighted by molar-refractivity contribution is 5.96. The summed E-state index contributed by atoms with van der Waals surface area (Å²) < 4.78 is 5.63. The molecule has 0 radical (unpaired) electrons. The number of nitrogens with zero attached hydrogens (tertiary/aromatic N) is 3. The van der Waals surface area contributed by atoms with Crippen LogP contribution in [-0.4, -0.2) is 125 Å². The van der Waals surface area contributed by atoms with Gasteiger partial charge in [0, 0.05) is 27.6 Å². The minimum Gasteiger partial charge on any atom is -0.457 e. The molecule has 1 heterocycles. The van der Waals surface area contributed by atoms with Gasteiger partial charge in [-0.25, -0.2) is 4.79 Å². The zero-order valence-electron chi connectivity index (χ0n) is 36.7. The van der Waals surface area contributed by atoms with Crippen molar-refractivity contribution in [1.82, 2.24) is 30.7 Å². The second-order valence-electron chi connectivity index (χ2n) is 17.5. The molecule has 14 heteroatoms. The predicted octanol–water partition coefficient (Wildman–Crippen LogP) is 3.50. The maximum Gasteiger partial charge on any atom is 0.328 e. The van der Waals surface area contributed by atoms with Crippen LogP contribution in [0.4, 0.5) is 0 Å². The Labute approximate surface area is 341 Å². The van der Waals surface area contributed by atoms with Crippen LogP contribution in [0.2, 0.25) is 0 Å². The first-order chi connectivity index (χ1) is 26.5. The van der Waals surface area contributed by atoms with Crippen molar-refractivity contribution < 1.29 is 38.6 Å². The lowest BCUT2D eigenvalue weighted by Crippen LogP contribution is -2.60. The fourth-order valence-electron chi connectivity index (χ4n) is 6.95. The van der Waals surface area contributed by atoms with E-state index in [1.54, 1.807) is 7.05 Å². The molecule has 1 fully saturated rings. The molecular formula is C43H72N6O8. The Bertz CT molecular complexity index is 1490. The van der Waals surface area contributed by atoms with Crippen molar-refractivity contribution >= 4 is 35.5 Å². The number of amides is 5. The van der Waals surface area contributed by atoms with E-state index in [-0.39, 0.29) is 42.9 Å². The van der Waals surface area contributed by atoms with Crippen LogP contribution in [0.5, 0.6) is 0 Å². The Hall–Kier alpha value is -4.04. The molecule has 0 spiro atoms. The summed E-state index contributed by atoms with van der Waals surface area (Å²) in [5.41, 5.74) is 0.780.